The van der Waals surface area contributed by atoms with Crippen LogP contribution in [0.25, 0.3) is 5.57 Å². The third kappa shape index (κ3) is 3.39. The van der Waals surface area contributed by atoms with Gasteiger partial charge in [-0.2, -0.15) is 0 Å². The molecular formula is C20H24. The van der Waals surface area contributed by atoms with E-state index in [4.69, 9.17) is 0 Å². The molecule has 0 heterocycles. The van der Waals surface area contributed by atoms with Crippen LogP contribution in [0.1, 0.15) is 41.7 Å². The van der Waals surface area contributed by atoms with Crippen molar-refractivity contribution in [2.24, 2.45) is 0 Å². The summed E-state index contributed by atoms with van der Waals surface area (Å²) < 4.78 is 0. The second kappa shape index (κ2) is 6.56. The summed E-state index contributed by atoms with van der Waals surface area (Å²) in [6, 6.07) is 15.4. The number of rotatable bonds is 5. The lowest BCUT2D eigenvalue weighted by Crippen LogP contribution is -2.00. The fourth-order valence-corrected chi connectivity index (χ4v) is 2.76. The van der Waals surface area contributed by atoms with Crippen LogP contribution in [-0.2, 0) is 19.3 Å². The van der Waals surface area contributed by atoms with Gasteiger partial charge in [-0.3, -0.25) is 0 Å². The van der Waals surface area contributed by atoms with Gasteiger partial charge in [-0.15, -0.1) is 0 Å². The summed E-state index contributed by atoms with van der Waals surface area (Å²) in [6.07, 6.45) is 3.31. The highest BCUT2D eigenvalue weighted by molar-refractivity contribution is 5.65. The van der Waals surface area contributed by atoms with E-state index in [0.29, 0.717) is 0 Å². The first-order valence-electron chi connectivity index (χ1n) is 7.44. The molecule has 0 N–H and O–H groups in total. The molecule has 0 bridgehead atoms. The van der Waals surface area contributed by atoms with Gasteiger partial charge in [0.25, 0.3) is 0 Å². The molecule has 0 aromatic heterocycles. The Morgan fingerprint density at radius 3 is 2.30 bits per heavy atom. The highest BCUT2D eigenvalue weighted by Gasteiger charge is 2.07. The maximum Gasteiger partial charge on any atom is -0.0201 e. The van der Waals surface area contributed by atoms with Gasteiger partial charge < -0.3 is 0 Å². The van der Waals surface area contributed by atoms with Crippen LogP contribution in [0.5, 0.6) is 0 Å². The van der Waals surface area contributed by atoms with Crippen LogP contribution in [-0.4, -0.2) is 0 Å². The molecule has 104 valence electrons. The number of benzene rings is 2. The molecule has 0 radical (unpaired) electrons. The minimum Gasteiger partial charge on any atom is -0.0955 e. The molecule has 0 atom stereocenters. The normalized spacial score (nSPS) is 10.6. The number of hydrogen-bond acceptors (Lipinski definition) is 0. The Labute approximate surface area is 123 Å². The third-order valence-corrected chi connectivity index (χ3v) is 3.91. The first-order valence-corrected chi connectivity index (χ1v) is 7.44. The molecule has 2 aromatic carbocycles. The molecule has 0 unspecified atom stereocenters. The molecule has 0 heteroatoms. The van der Waals surface area contributed by atoms with Gasteiger partial charge in [0.1, 0.15) is 0 Å². The Morgan fingerprint density at radius 1 is 1.00 bits per heavy atom. The first kappa shape index (κ1) is 14.6. The van der Waals surface area contributed by atoms with Gasteiger partial charge in [0.2, 0.25) is 0 Å². The van der Waals surface area contributed by atoms with E-state index in [2.05, 4.69) is 69.8 Å². The lowest BCUT2D eigenvalue weighted by atomic mass is 9.91. The Kier molecular flexibility index (Phi) is 4.79. The van der Waals surface area contributed by atoms with Crippen molar-refractivity contribution in [1.82, 2.24) is 0 Å². The SMILES string of the molecule is C=C(C)c1cc(CC)c(CCc2ccccc2)cc1C. The first-order chi connectivity index (χ1) is 9.61. The van der Waals surface area contributed by atoms with Crippen molar-refractivity contribution in [2.45, 2.75) is 40.0 Å². The van der Waals surface area contributed by atoms with Gasteiger partial charge in [-0.25, -0.2) is 0 Å². The minimum atomic E-state index is 1.09. The Balaban J connectivity index is 2.23. The van der Waals surface area contributed by atoms with Gasteiger partial charge in [-0.05, 0) is 60.9 Å². The van der Waals surface area contributed by atoms with E-state index in [9.17, 15) is 0 Å². The van der Waals surface area contributed by atoms with Gasteiger partial charge in [0, 0.05) is 0 Å². The van der Waals surface area contributed by atoms with Crippen LogP contribution in [0.3, 0.4) is 0 Å². The summed E-state index contributed by atoms with van der Waals surface area (Å²) in [5.41, 5.74) is 8.18. The summed E-state index contributed by atoms with van der Waals surface area (Å²) in [7, 11) is 0. The zero-order chi connectivity index (χ0) is 14.5. The highest BCUT2D eigenvalue weighted by Crippen LogP contribution is 2.23. The van der Waals surface area contributed by atoms with E-state index >= 15 is 0 Å². The second-order valence-electron chi connectivity index (χ2n) is 5.56. The van der Waals surface area contributed by atoms with Crippen molar-refractivity contribution in [3.63, 3.8) is 0 Å². The molecule has 0 aliphatic heterocycles. The largest absolute Gasteiger partial charge is 0.0955 e. The number of allylic oxidation sites excluding steroid dienone is 1. The molecule has 0 saturated heterocycles. The minimum absolute atomic E-state index is 1.09. The second-order valence-corrected chi connectivity index (χ2v) is 5.56. The van der Waals surface area contributed by atoms with Crippen molar-refractivity contribution in [1.29, 1.82) is 0 Å². The van der Waals surface area contributed by atoms with Crippen LogP contribution in [0.4, 0.5) is 0 Å². The van der Waals surface area contributed by atoms with Crippen LogP contribution in [0.15, 0.2) is 49.0 Å². The van der Waals surface area contributed by atoms with Crippen LogP contribution in [0.2, 0.25) is 0 Å². The quantitative estimate of drug-likeness (QED) is 0.680. The monoisotopic (exact) mass is 264 g/mol. The highest BCUT2D eigenvalue weighted by atomic mass is 14.1. The van der Waals surface area contributed by atoms with Crippen molar-refractivity contribution >= 4 is 5.57 Å². The summed E-state index contributed by atoms with van der Waals surface area (Å²) in [4.78, 5) is 0. The lowest BCUT2D eigenvalue weighted by Gasteiger charge is -2.14. The summed E-state index contributed by atoms with van der Waals surface area (Å²) in [5.74, 6) is 0. The number of hydrogen-bond donors (Lipinski definition) is 0. The molecule has 2 aromatic rings. The van der Waals surface area contributed by atoms with E-state index in [0.717, 1.165) is 24.8 Å². The molecule has 0 aliphatic carbocycles. The summed E-state index contributed by atoms with van der Waals surface area (Å²) >= 11 is 0. The smallest absolute Gasteiger partial charge is 0.0201 e. The van der Waals surface area contributed by atoms with Crippen molar-refractivity contribution < 1.29 is 0 Å². The van der Waals surface area contributed by atoms with Crippen LogP contribution < -0.4 is 0 Å². The Bertz CT molecular complexity index is 591. The molecule has 0 amide bonds. The lowest BCUT2D eigenvalue weighted by molar-refractivity contribution is 0.927. The summed E-state index contributed by atoms with van der Waals surface area (Å²) in [6.45, 7) is 10.6. The Hall–Kier alpha value is -1.82. The molecule has 0 spiro atoms. The standard InChI is InChI=1S/C20H24/c1-5-18-14-20(15(2)3)16(4)13-19(18)12-11-17-9-7-6-8-10-17/h6-10,13-14H,2,5,11-12H2,1,3-4H3. The van der Waals surface area contributed by atoms with Crippen molar-refractivity contribution in [3.05, 3.63) is 76.9 Å². The fraction of sp³-hybridized carbons (Fsp3) is 0.300. The predicted molar refractivity (Wildman–Crippen MR) is 89.1 cm³/mol. The van der Waals surface area contributed by atoms with Crippen LogP contribution >= 0.6 is 0 Å². The molecule has 20 heavy (non-hydrogen) atoms. The zero-order valence-electron chi connectivity index (χ0n) is 12.9. The fourth-order valence-electron chi connectivity index (χ4n) is 2.76. The zero-order valence-corrected chi connectivity index (χ0v) is 12.9. The van der Waals surface area contributed by atoms with E-state index in [1.807, 2.05) is 0 Å². The Morgan fingerprint density at radius 2 is 1.70 bits per heavy atom. The van der Waals surface area contributed by atoms with Crippen molar-refractivity contribution in [2.75, 3.05) is 0 Å². The summed E-state index contributed by atoms with van der Waals surface area (Å²) in [5, 5.41) is 0. The molecule has 0 fully saturated rings. The molecular weight excluding hydrogens is 240 g/mol. The topological polar surface area (TPSA) is 0 Å². The molecule has 0 saturated carbocycles. The third-order valence-electron chi connectivity index (χ3n) is 3.91. The van der Waals surface area contributed by atoms with E-state index < -0.39 is 0 Å². The average Bonchev–Trinajstić information content (AvgIpc) is 2.46. The van der Waals surface area contributed by atoms with Crippen molar-refractivity contribution in [3.8, 4) is 0 Å². The van der Waals surface area contributed by atoms with E-state index in [-0.39, 0.29) is 0 Å². The molecule has 0 nitrogen and oxygen atoms in total. The predicted octanol–water partition coefficient (Wildman–Crippen LogP) is 5.38. The van der Waals surface area contributed by atoms with Crippen LogP contribution in [0, 0.1) is 6.92 Å². The van der Waals surface area contributed by atoms with Gasteiger partial charge in [0.15, 0.2) is 0 Å². The maximum absolute atomic E-state index is 4.08. The van der Waals surface area contributed by atoms with E-state index in [1.54, 1.807) is 0 Å². The van der Waals surface area contributed by atoms with E-state index in [1.165, 1.54) is 27.8 Å². The molecule has 0 aliphatic rings. The van der Waals surface area contributed by atoms with Gasteiger partial charge >= 0.3 is 0 Å². The van der Waals surface area contributed by atoms with Gasteiger partial charge in [0.05, 0.1) is 0 Å². The molecule has 2 rings (SSSR count). The number of aryl methyl sites for hydroxylation is 4. The average molecular weight is 264 g/mol. The maximum atomic E-state index is 4.08. The van der Waals surface area contributed by atoms with Gasteiger partial charge in [-0.1, -0.05) is 61.5 Å².